The van der Waals surface area contributed by atoms with Crippen molar-refractivity contribution in [3.05, 3.63) is 50.9 Å². The first-order valence-corrected chi connectivity index (χ1v) is 7.62. The molecule has 2 aromatic carbocycles. The fourth-order valence-corrected chi connectivity index (χ4v) is 2.75. The third-order valence-corrected chi connectivity index (χ3v) is 3.78. The van der Waals surface area contributed by atoms with Crippen LogP contribution in [0.4, 0.5) is 5.69 Å². The predicted molar refractivity (Wildman–Crippen MR) is 88.7 cm³/mol. The summed E-state index contributed by atoms with van der Waals surface area (Å²) in [6.45, 7) is 0.669. The summed E-state index contributed by atoms with van der Waals surface area (Å²) in [6.07, 6.45) is 0. The number of methoxy groups -OCH3 is 2. The number of anilines is 1. The average molecular weight is 401 g/mol. The lowest BCUT2D eigenvalue weighted by molar-refractivity contribution is 0.410. The number of rotatable bonds is 5. The molecule has 0 bridgehead atoms. The molecule has 0 aliphatic rings. The van der Waals surface area contributed by atoms with Gasteiger partial charge in [-0.05, 0) is 30.3 Å². The van der Waals surface area contributed by atoms with Crippen LogP contribution in [0.3, 0.4) is 0 Å². The zero-order valence-corrected chi connectivity index (χ0v) is 14.4. The second kappa shape index (κ2) is 6.99. The van der Waals surface area contributed by atoms with Crippen LogP contribution in [0.15, 0.2) is 45.3 Å². The Hall–Kier alpha value is -1.20. The third kappa shape index (κ3) is 3.90. The maximum absolute atomic E-state index is 5.36. The smallest absolute Gasteiger partial charge is 0.123 e. The minimum absolute atomic E-state index is 0.669. The van der Waals surface area contributed by atoms with Crippen LogP contribution >= 0.6 is 31.9 Å². The van der Waals surface area contributed by atoms with Crippen molar-refractivity contribution in [3.8, 4) is 11.5 Å². The number of ether oxygens (including phenoxy) is 2. The highest BCUT2D eigenvalue weighted by molar-refractivity contribution is 9.10. The van der Waals surface area contributed by atoms with Gasteiger partial charge in [0.1, 0.15) is 11.5 Å². The normalized spacial score (nSPS) is 10.2. The van der Waals surface area contributed by atoms with E-state index in [9.17, 15) is 0 Å². The molecule has 0 aromatic heterocycles. The Kier molecular flexibility index (Phi) is 5.31. The fourth-order valence-electron chi connectivity index (χ4n) is 1.87. The van der Waals surface area contributed by atoms with Crippen molar-refractivity contribution in [2.24, 2.45) is 0 Å². The van der Waals surface area contributed by atoms with Gasteiger partial charge in [-0.15, -0.1) is 0 Å². The highest BCUT2D eigenvalue weighted by atomic mass is 79.9. The number of benzene rings is 2. The first kappa shape index (κ1) is 15.2. The molecule has 20 heavy (non-hydrogen) atoms. The van der Waals surface area contributed by atoms with Gasteiger partial charge >= 0.3 is 0 Å². The average Bonchev–Trinajstić information content (AvgIpc) is 2.44. The van der Waals surface area contributed by atoms with E-state index >= 15 is 0 Å². The molecule has 106 valence electrons. The lowest BCUT2D eigenvalue weighted by Gasteiger charge is -2.12. The fraction of sp³-hybridized carbons (Fsp3) is 0.200. The molecule has 5 heteroatoms. The maximum Gasteiger partial charge on any atom is 0.123 e. The standard InChI is InChI=1S/C15H15Br2NO2/c1-19-14-7-12(17)6-13(8-14)18-9-10-5-11(16)3-4-15(10)20-2/h3-8,18H,9H2,1-2H3. The number of hydrogen-bond donors (Lipinski definition) is 1. The van der Waals surface area contributed by atoms with Gasteiger partial charge in [0.2, 0.25) is 0 Å². The van der Waals surface area contributed by atoms with E-state index in [0.717, 1.165) is 31.7 Å². The third-order valence-electron chi connectivity index (χ3n) is 2.83. The van der Waals surface area contributed by atoms with Gasteiger partial charge in [0.15, 0.2) is 0 Å². The Morgan fingerprint density at radius 3 is 2.45 bits per heavy atom. The Morgan fingerprint density at radius 1 is 0.950 bits per heavy atom. The van der Waals surface area contributed by atoms with Crippen LogP contribution in [-0.2, 0) is 6.54 Å². The minimum Gasteiger partial charge on any atom is -0.497 e. The second-order valence-electron chi connectivity index (χ2n) is 4.19. The SMILES string of the molecule is COc1cc(Br)cc(NCc2cc(Br)ccc2OC)c1. The van der Waals surface area contributed by atoms with Crippen LogP contribution < -0.4 is 14.8 Å². The molecule has 3 nitrogen and oxygen atoms in total. The van der Waals surface area contributed by atoms with Crippen molar-refractivity contribution in [1.29, 1.82) is 0 Å². The molecule has 1 N–H and O–H groups in total. The summed E-state index contributed by atoms with van der Waals surface area (Å²) < 4.78 is 12.6. The van der Waals surface area contributed by atoms with Gasteiger partial charge in [0.25, 0.3) is 0 Å². The Bertz CT molecular complexity index is 602. The molecule has 2 rings (SSSR count). The van der Waals surface area contributed by atoms with E-state index in [0.29, 0.717) is 6.54 Å². The summed E-state index contributed by atoms with van der Waals surface area (Å²) >= 11 is 6.94. The van der Waals surface area contributed by atoms with Crippen LogP contribution in [-0.4, -0.2) is 14.2 Å². The summed E-state index contributed by atoms with van der Waals surface area (Å²) in [4.78, 5) is 0. The van der Waals surface area contributed by atoms with Crippen molar-refractivity contribution in [2.75, 3.05) is 19.5 Å². The molecule has 0 fully saturated rings. The van der Waals surface area contributed by atoms with Crippen molar-refractivity contribution < 1.29 is 9.47 Å². The molecule has 0 heterocycles. The molecule has 0 saturated heterocycles. The molecular formula is C15H15Br2NO2. The predicted octanol–water partition coefficient (Wildman–Crippen LogP) is 4.84. The largest absolute Gasteiger partial charge is 0.497 e. The van der Waals surface area contributed by atoms with Gasteiger partial charge in [-0.3, -0.25) is 0 Å². The van der Waals surface area contributed by atoms with Crippen LogP contribution in [0.2, 0.25) is 0 Å². The molecule has 0 saturated carbocycles. The quantitative estimate of drug-likeness (QED) is 0.778. The highest BCUT2D eigenvalue weighted by Crippen LogP contribution is 2.27. The first-order chi connectivity index (χ1) is 9.62. The van der Waals surface area contributed by atoms with Gasteiger partial charge in [0, 0.05) is 32.8 Å². The van der Waals surface area contributed by atoms with E-state index < -0.39 is 0 Å². The molecule has 0 aliphatic heterocycles. The van der Waals surface area contributed by atoms with E-state index in [2.05, 4.69) is 37.2 Å². The lowest BCUT2D eigenvalue weighted by Crippen LogP contribution is -2.02. The second-order valence-corrected chi connectivity index (χ2v) is 6.02. The number of nitrogens with one attached hydrogen (secondary N) is 1. The Labute approximate surface area is 135 Å². The lowest BCUT2D eigenvalue weighted by atomic mass is 10.2. The van der Waals surface area contributed by atoms with Crippen molar-refractivity contribution in [1.82, 2.24) is 0 Å². The number of hydrogen-bond acceptors (Lipinski definition) is 3. The van der Waals surface area contributed by atoms with E-state index in [4.69, 9.17) is 9.47 Å². The minimum atomic E-state index is 0.669. The van der Waals surface area contributed by atoms with Crippen LogP contribution in [0.1, 0.15) is 5.56 Å². The molecule has 0 spiro atoms. The monoisotopic (exact) mass is 399 g/mol. The van der Waals surface area contributed by atoms with E-state index in [1.165, 1.54) is 0 Å². The van der Waals surface area contributed by atoms with Gasteiger partial charge in [0.05, 0.1) is 14.2 Å². The summed E-state index contributed by atoms with van der Waals surface area (Å²) in [5.74, 6) is 1.67. The van der Waals surface area contributed by atoms with Crippen LogP contribution in [0.25, 0.3) is 0 Å². The number of halogens is 2. The summed E-state index contributed by atoms with van der Waals surface area (Å²) in [7, 11) is 3.33. The summed E-state index contributed by atoms with van der Waals surface area (Å²) in [5.41, 5.74) is 2.07. The van der Waals surface area contributed by atoms with Gasteiger partial charge in [-0.25, -0.2) is 0 Å². The Balaban J connectivity index is 2.16. The topological polar surface area (TPSA) is 30.5 Å². The highest BCUT2D eigenvalue weighted by Gasteiger charge is 2.05. The molecule has 0 unspecified atom stereocenters. The zero-order valence-electron chi connectivity index (χ0n) is 11.2. The maximum atomic E-state index is 5.36. The summed E-state index contributed by atoms with van der Waals surface area (Å²) in [5, 5.41) is 3.37. The van der Waals surface area contributed by atoms with E-state index in [1.54, 1.807) is 14.2 Å². The van der Waals surface area contributed by atoms with Crippen molar-refractivity contribution >= 4 is 37.5 Å². The summed E-state index contributed by atoms with van der Waals surface area (Å²) in [6, 6.07) is 11.8. The van der Waals surface area contributed by atoms with Gasteiger partial charge < -0.3 is 14.8 Å². The van der Waals surface area contributed by atoms with Gasteiger partial charge in [-0.1, -0.05) is 31.9 Å². The molecule has 0 radical (unpaired) electrons. The van der Waals surface area contributed by atoms with Crippen molar-refractivity contribution in [2.45, 2.75) is 6.54 Å². The molecule has 0 amide bonds. The Morgan fingerprint density at radius 2 is 1.75 bits per heavy atom. The van der Waals surface area contributed by atoms with E-state index in [1.807, 2.05) is 36.4 Å². The molecule has 0 aliphatic carbocycles. The van der Waals surface area contributed by atoms with Gasteiger partial charge in [-0.2, -0.15) is 0 Å². The van der Waals surface area contributed by atoms with Crippen LogP contribution in [0, 0.1) is 0 Å². The zero-order chi connectivity index (χ0) is 14.5. The van der Waals surface area contributed by atoms with Crippen LogP contribution in [0.5, 0.6) is 11.5 Å². The molecule has 2 aromatic rings. The van der Waals surface area contributed by atoms with Crippen molar-refractivity contribution in [3.63, 3.8) is 0 Å². The molecule has 0 atom stereocenters. The first-order valence-electron chi connectivity index (χ1n) is 6.03. The van der Waals surface area contributed by atoms with E-state index in [-0.39, 0.29) is 0 Å². The molecular weight excluding hydrogens is 386 g/mol.